The highest BCUT2D eigenvalue weighted by Crippen LogP contribution is 2.30. The molecule has 3 heteroatoms. The van der Waals surface area contributed by atoms with Crippen molar-refractivity contribution < 1.29 is 0 Å². The lowest BCUT2D eigenvalue weighted by molar-refractivity contribution is 0.118. The molecular formula is C17H30N2S. The van der Waals surface area contributed by atoms with E-state index in [1.54, 1.807) is 0 Å². The van der Waals surface area contributed by atoms with Gasteiger partial charge in [-0.05, 0) is 30.4 Å². The summed E-state index contributed by atoms with van der Waals surface area (Å²) in [5, 5.41) is 3.68. The van der Waals surface area contributed by atoms with Crippen molar-refractivity contribution >= 4 is 11.3 Å². The predicted octanol–water partition coefficient (Wildman–Crippen LogP) is 4.01. The van der Waals surface area contributed by atoms with Crippen LogP contribution in [0.4, 0.5) is 0 Å². The highest BCUT2D eigenvalue weighted by molar-refractivity contribution is 7.12. The maximum Gasteiger partial charge on any atom is 0.0332 e. The van der Waals surface area contributed by atoms with Crippen molar-refractivity contribution in [1.29, 1.82) is 0 Å². The summed E-state index contributed by atoms with van der Waals surface area (Å²) in [5.41, 5.74) is 0.280. The van der Waals surface area contributed by atoms with Gasteiger partial charge < -0.3 is 5.32 Å². The van der Waals surface area contributed by atoms with Crippen molar-refractivity contribution in [2.24, 2.45) is 0 Å². The Labute approximate surface area is 128 Å². The van der Waals surface area contributed by atoms with Crippen LogP contribution in [0, 0.1) is 0 Å². The third kappa shape index (κ3) is 3.84. The van der Waals surface area contributed by atoms with Crippen LogP contribution in [-0.4, -0.2) is 30.1 Å². The molecule has 1 aliphatic heterocycles. The van der Waals surface area contributed by atoms with Gasteiger partial charge in [-0.15, -0.1) is 11.3 Å². The summed E-state index contributed by atoms with van der Waals surface area (Å²) in [6.45, 7) is 15.0. The van der Waals surface area contributed by atoms with E-state index in [-0.39, 0.29) is 5.41 Å². The molecule has 0 amide bonds. The second kappa shape index (κ2) is 6.59. The average Bonchev–Trinajstić information content (AvgIpc) is 2.87. The fourth-order valence-electron chi connectivity index (χ4n) is 2.86. The van der Waals surface area contributed by atoms with Crippen LogP contribution in [0.25, 0.3) is 0 Å². The van der Waals surface area contributed by atoms with Gasteiger partial charge in [-0.1, -0.05) is 34.6 Å². The standard InChI is InChI=1S/C17H30N2S/c1-6-13-11-19(14(7-2)10-18-13)12-15-8-9-16(20-15)17(3,4)5/h8-9,13-14,18H,6-7,10-12H2,1-5H3. The van der Waals surface area contributed by atoms with Crippen LogP contribution in [0.2, 0.25) is 0 Å². The Bertz CT molecular complexity index is 419. The summed E-state index contributed by atoms with van der Waals surface area (Å²) in [4.78, 5) is 5.70. The normalized spacial score (nSPS) is 25.1. The van der Waals surface area contributed by atoms with Crippen LogP contribution >= 0.6 is 11.3 Å². The lowest BCUT2D eigenvalue weighted by Crippen LogP contribution is -2.55. The first-order chi connectivity index (χ1) is 9.44. The number of rotatable bonds is 4. The molecule has 2 unspecified atom stereocenters. The number of hydrogen-bond donors (Lipinski definition) is 1. The number of nitrogens with one attached hydrogen (secondary N) is 1. The summed E-state index contributed by atoms with van der Waals surface area (Å²) in [5.74, 6) is 0. The second-order valence-electron chi connectivity index (χ2n) is 7.02. The van der Waals surface area contributed by atoms with Crippen molar-refractivity contribution in [3.63, 3.8) is 0 Å². The molecule has 0 aromatic carbocycles. The van der Waals surface area contributed by atoms with Crippen molar-refractivity contribution in [2.45, 2.75) is 71.5 Å². The first kappa shape index (κ1) is 16.0. The molecule has 1 aromatic heterocycles. The fraction of sp³-hybridized carbons (Fsp3) is 0.765. The molecule has 20 heavy (non-hydrogen) atoms. The third-order valence-electron chi connectivity index (χ3n) is 4.34. The third-order valence-corrected chi connectivity index (χ3v) is 5.83. The second-order valence-corrected chi connectivity index (χ2v) is 8.19. The van der Waals surface area contributed by atoms with E-state index < -0.39 is 0 Å². The molecule has 1 aliphatic rings. The molecule has 0 aliphatic carbocycles. The van der Waals surface area contributed by atoms with E-state index in [0.29, 0.717) is 12.1 Å². The molecule has 2 rings (SSSR count). The van der Waals surface area contributed by atoms with Crippen LogP contribution in [0.1, 0.15) is 57.2 Å². The lowest BCUT2D eigenvalue weighted by Gasteiger charge is -2.39. The van der Waals surface area contributed by atoms with Crippen LogP contribution in [0.3, 0.4) is 0 Å². The first-order valence-electron chi connectivity index (χ1n) is 8.00. The molecule has 0 radical (unpaired) electrons. The maximum absolute atomic E-state index is 3.68. The van der Waals surface area contributed by atoms with Crippen LogP contribution < -0.4 is 5.32 Å². The molecule has 2 nitrogen and oxygen atoms in total. The van der Waals surface area contributed by atoms with E-state index in [2.05, 4.69) is 57.0 Å². The van der Waals surface area contributed by atoms with Crippen molar-refractivity contribution in [1.82, 2.24) is 10.2 Å². The smallest absolute Gasteiger partial charge is 0.0332 e. The highest BCUT2D eigenvalue weighted by Gasteiger charge is 2.26. The topological polar surface area (TPSA) is 15.3 Å². The summed E-state index contributed by atoms with van der Waals surface area (Å²) >= 11 is 1.99. The molecule has 2 heterocycles. The summed E-state index contributed by atoms with van der Waals surface area (Å²) in [6.07, 6.45) is 2.46. The first-order valence-corrected chi connectivity index (χ1v) is 8.82. The molecule has 1 fully saturated rings. The highest BCUT2D eigenvalue weighted by atomic mass is 32.1. The predicted molar refractivity (Wildman–Crippen MR) is 89.6 cm³/mol. The molecule has 114 valence electrons. The largest absolute Gasteiger partial charge is 0.311 e. The minimum atomic E-state index is 0.280. The van der Waals surface area contributed by atoms with Gasteiger partial charge >= 0.3 is 0 Å². The monoisotopic (exact) mass is 294 g/mol. The van der Waals surface area contributed by atoms with Gasteiger partial charge in [-0.3, -0.25) is 4.90 Å². The van der Waals surface area contributed by atoms with Gasteiger partial charge in [0, 0.05) is 41.5 Å². The number of nitrogens with zero attached hydrogens (tertiary/aromatic N) is 1. The Kier molecular flexibility index (Phi) is 5.27. The minimum absolute atomic E-state index is 0.280. The van der Waals surface area contributed by atoms with E-state index in [0.717, 1.165) is 13.1 Å². The van der Waals surface area contributed by atoms with Crippen molar-refractivity contribution in [2.75, 3.05) is 13.1 Å². The van der Waals surface area contributed by atoms with Crippen LogP contribution in [-0.2, 0) is 12.0 Å². The van der Waals surface area contributed by atoms with Crippen molar-refractivity contribution in [3.05, 3.63) is 21.9 Å². The van der Waals surface area contributed by atoms with E-state index >= 15 is 0 Å². The zero-order valence-electron chi connectivity index (χ0n) is 13.7. The minimum Gasteiger partial charge on any atom is -0.311 e. The van der Waals surface area contributed by atoms with Gasteiger partial charge in [0.1, 0.15) is 0 Å². The Balaban J connectivity index is 2.04. The zero-order valence-corrected chi connectivity index (χ0v) is 14.5. The SMILES string of the molecule is CCC1CN(Cc2ccc(C(C)(C)C)s2)C(CC)CN1. The molecule has 0 saturated carbocycles. The maximum atomic E-state index is 3.68. The molecule has 1 aromatic rings. The zero-order chi connectivity index (χ0) is 14.8. The van der Waals surface area contributed by atoms with E-state index in [1.165, 1.54) is 29.1 Å². The number of hydrogen-bond acceptors (Lipinski definition) is 3. The Morgan fingerprint density at radius 2 is 2.00 bits per heavy atom. The van der Waals surface area contributed by atoms with E-state index in [1.807, 2.05) is 11.3 Å². The van der Waals surface area contributed by atoms with Gasteiger partial charge in [0.15, 0.2) is 0 Å². The van der Waals surface area contributed by atoms with Gasteiger partial charge in [-0.2, -0.15) is 0 Å². The summed E-state index contributed by atoms with van der Waals surface area (Å²) in [6, 6.07) is 6.01. The summed E-state index contributed by atoms with van der Waals surface area (Å²) in [7, 11) is 0. The molecule has 1 N–H and O–H groups in total. The van der Waals surface area contributed by atoms with Gasteiger partial charge in [-0.25, -0.2) is 0 Å². The molecule has 0 bridgehead atoms. The Morgan fingerprint density at radius 1 is 1.25 bits per heavy atom. The average molecular weight is 295 g/mol. The lowest BCUT2D eigenvalue weighted by atomic mass is 9.95. The number of thiophene rings is 1. The van der Waals surface area contributed by atoms with Crippen LogP contribution in [0.15, 0.2) is 12.1 Å². The fourth-order valence-corrected chi connectivity index (χ4v) is 3.96. The molecule has 2 atom stereocenters. The molecule has 0 spiro atoms. The summed E-state index contributed by atoms with van der Waals surface area (Å²) < 4.78 is 0. The van der Waals surface area contributed by atoms with E-state index in [4.69, 9.17) is 0 Å². The Morgan fingerprint density at radius 3 is 2.55 bits per heavy atom. The van der Waals surface area contributed by atoms with Gasteiger partial charge in [0.25, 0.3) is 0 Å². The molecular weight excluding hydrogens is 264 g/mol. The molecule has 1 saturated heterocycles. The van der Waals surface area contributed by atoms with Crippen LogP contribution in [0.5, 0.6) is 0 Å². The van der Waals surface area contributed by atoms with E-state index in [9.17, 15) is 0 Å². The Hall–Kier alpha value is -0.380. The van der Waals surface area contributed by atoms with Gasteiger partial charge in [0.05, 0.1) is 0 Å². The van der Waals surface area contributed by atoms with Crippen molar-refractivity contribution in [3.8, 4) is 0 Å². The quantitative estimate of drug-likeness (QED) is 0.902. The number of piperazine rings is 1. The van der Waals surface area contributed by atoms with Gasteiger partial charge in [0.2, 0.25) is 0 Å².